The Morgan fingerprint density at radius 1 is 1.50 bits per heavy atom. The van der Waals surface area contributed by atoms with Crippen molar-refractivity contribution in [2.24, 2.45) is 0 Å². The highest BCUT2D eigenvalue weighted by Crippen LogP contribution is 2.20. The molecule has 2 aromatic heterocycles. The van der Waals surface area contributed by atoms with Crippen LogP contribution in [0.5, 0.6) is 0 Å². The first-order chi connectivity index (χ1) is 8.74. The summed E-state index contributed by atoms with van der Waals surface area (Å²) >= 11 is 0. The van der Waals surface area contributed by atoms with Gasteiger partial charge in [0.1, 0.15) is 5.82 Å². The molecule has 1 atom stereocenters. The molecule has 0 saturated heterocycles. The van der Waals surface area contributed by atoms with E-state index in [0.717, 1.165) is 18.2 Å². The minimum atomic E-state index is 0.201. The highest BCUT2D eigenvalue weighted by Gasteiger charge is 2.13. The normalized spacial score (nSPS) is 12.8. The van der Waals surface area contributed by atoms with E-state index in [9.17, 15) is 0 Å². The SMILES string of the molecule is CCCC(COC)Nc1nc(N)nc2[nH]ncc12. The van der Waals surface area contributed by atoms with Crippen LogP contribution in [-0.2, 0) is 4.74 Å². The summed E-state index contributed by atoms with van der Waals surface area (Å²) in [6.07, 6.45) is 3.75. The molecule has 2 heterocycles. The van der Waals surface area contributed by atoms with E-state index >= 15 is 0 Å². The molecule has 18 heavy (non-hydrogen) atoms. The fourth-order valence-corrected chi connectivity index (χ4v) is 1.90. The predicted molar refractivity (Wildman–Crippen MR) is 70.3 cm³/mol. The molecule has 0 saturated carbocycles. The van der Waals surface area contributed by atoms with Crippen molar-refractivity contribution in [3.63, 3.8) is 0 Å². The van der Waals surface area contributed by atoms with Gasteiger partial charge in [0, 0.05) is 7.11 Å². The summed E-state index contributed by atoms with van der Waals surface area (Å²) in [5, 5.41) is 10.9. The summed E-state index contributed by atoms with van der Waals surface area (Å²) < 4.78 is 5.19. The van der Waals surface area contributed by atoms with Crippen molar-refractivity contribution < 1.29 is 4.74 Å². The molecule has 7 heteroatoms. The maximum absolute atomic E-state index is 5.67. The summed E-state index contributed by atoms with van der Waals surface area (Å²) in [6, 6.07) is 0.201. The number of aromatic nitrogens is 4. The lowest BCUT2D eigenvalue weighted by Crippen LogP contribution is -2.25. The number of aromatic amines is 1. The summed E-state index contributed by atoms with van der Waals surface area (Å²) in [6.45, 7) is 2.75. The molecule has 0 spiro atoms. The van der Waals surface area contributed by atoms with Crippen LogP contribution in [0.4, 0.5) is 11.8 Å². The quantitative estimate of drug-likeness (QED) is 0.711. The van der Waals surface area contributed by atoms with Crippen molar-refractivity contribution in [2.75, 3.05) is 24.8 Å². The fraction of sp³-hybridized carbons (Fsp3) is 0.545. The second kappa shape index (κ2) is 5.63. The molecule has 0 amide bonds. The predicted octanol–water partition coefficient (Wildman–Crippen LogP) is 1.16. The van der Waals surface area contributed by atoms with Crippen molar-refractivity contribution in [3.05, 3.63) is 6.20 Å². The Bertz CT molecular complexity index is 505. The molecule has 0 radical (unpaired) electrons. The number of rotatable bonds is 6. The van der Waals surface area contributed by atoms with Crippen LogP contribution in [0.15, 0.2) is 6.20 Å². The molecule has 2 aromatic rings. The van der Waals surface area contributed by atoms with Gasteiger partial charge < -0.3 is 15.8 Å². The lowest BCUT2D eigenvalue weighted by molar-refractivity contribution is 0.182. The first-order valence-electron chi connectivity index (χ1n) is 5.96. The van der Waals surface area contributed by atoms with E-state index in [1.54, 1.807) is 13.3 Å². The number of H-pyrrole nitrogens is 1. The van der Waals surface area contributed by atoms with Gasteiger partial charge in [0.2, 0.25) is 5.95 Å². The molecule has 1 unspecified atom stereocenters. The zero-order valence-corrected chi connectivity index (χ0v) is 10.6. The number of nitrogens with two attached hydrogens (primary N) is 1. The van der Waals surface area contributed by atoms with Gasteiger partial charge in [-0.15, -0.1) is 0 Å². The Labute approximate surface area is 105 Å². The van der Waals surface area contributed by atoms with Crippen LogP contribution in [0.25, 0.3) is 11.0 Å². The van der Waals surface area contributed by atoms with Crippen LogP contribution in [0.2, 0.25) is 0 Å². The van der Waals surface area contributed by atoms with Gasteiger partial charge >= 0.3 is 0 Å². The Hall–Kier alpha value is -1.89. The average Bonchev–Trinajstić information content (AvgIpc) is 2.77. The van der Waals surface area contributed by atoms with Crippen molar-refractivity contribution in [3.8, 4) is 0 Å². The van der Waals surface area contributed by atoms with Crippen molar-refractivity contribution in [1.29, 1.82) is 0 Å². The van der Waals surface area contributed by atoms with Crippen molar-refractivity contribution in [2.45, 2.75) is 25.8 Å². The third-order valence-electron chi connectivity index (χ3n) is 2.67. The van der Waals surface area contributed by atoms with Gasteiger partial charge in [0.05, 0.1) is 24.2 Å². The molecular weight excluding hydrogens is 232 g/mol. The highest BCUT2D eigenvalue weighted by atomic mass is 16.5. The fourth-order valence-electron chi connectivity index (χ4n) is 1.90. The number of nitrogens with zero attached hydrogens (tertiary/aromatic N) is 3. The van der Waals surface area contributed by atoms with Gasteiger partial charge in [-0.3, -0.25) is 5.10 Å². The lowest BCUT2D eigenvalue weighted by atomic mass is 10.2. The number of nitrogen functional groups attached to an aromatic ring is 1. The lowest BCUT2D eigenvalue weighted by Gasteiger charge is -2.18. The molecule has 0 fully saturated rings. The van der Waals surface area contributed by atoms with E-state index < -0.39 is 0 Å². The monoisotopic (exact) mass is 250 g/mol. The zero-order valence-electron chi connectivity index (χ0n) is 10.6. The number of ether oxygens (including phenoxy) is 1. The molecule has 0 aromatic carbocycles. The van der Waals surface area contributed by atoms with Crippen molar-refractivity contribution >= 4 is 22.8 Å². The average molecular weight is 250 g/mol. The highest BCUT2D eigenvalue weighted by molar-refractivity contribution is 5.86. The maximum atomic E-state index is 5.67. The maximum Gasteiger partial charge on any atom is 0.224 e. The number of nitrogens with one attached hydrogen (secondary N) is 2. The van der Waals surface area contributed by atoms with Gasteiger partial charge in [0.25, 0.3) is 0 Å². The molecule has 2 rings (SSSR count). The van der Waals surface area contributed by atoms with Crippen LogP contribution < -0.4 is 11.1 Å². The molecule has 4 N–H and O–H groups in total. The molecule has 98 valence electrons. The van der Waals surface area contributed by atoms with Gasteiger partial charge in [-0.05, 0) is 6.42 Å². The van der Waals surface area contributed by atoms with Crippen LogP contribution >= 0.6 is 0 Å². The van der Waals surface area contributed by atoms with Crippen LogP contribution in [-0.4, -0.2) is 39.9 Å². The summed E-state index contributed by atoms with van der Waals surface area (Å²) in [4.78, 5) is 8.29. The molecule has 0 bridgehead atoms. The second-order valence-corrected chi connectivity index (χ2v) is 4.15. The minimum absolute atomic E-state index is 0.201. The van der Waals surface area contributed by atoms with Crippen LogP contribution in [0.1, 0.15) is 19.8 Å². The molecule has 0 aliphatic carbocycles. The second-order valence-electron chi connectivity index (χ2n) is 4.15. The number of methoxy groups -OCH3 is 1. The zero-order chi connectivity index (χ0) is 13.0. The van der Waals surface area contributed by atoms with E-state index in [-0.39, 0.29) is 12.0 Å². The van der Waals surface area contributed by atoms with Gasteiger partial charge in [-0.1, -0.05) is 13.3 Å². The number of hydrogen-bond donors (Lipinski definition) is 3. The van der Waals surface area contributed by atoms with Gasteiger partial charge in [-0.25, -0.2) is 0 Å². The number of anilines is 2. The van der Waals surface area contributed by atoms with E-state index in [0.29, 0.717) is 18.1 Å². The van der Waals surface area contributed by atoms with Gasteiger partial charge in [-0.2, -0.15) is 15.1 Å². The minimum Gasteiger partial charge on any atom is -0.383 e. The first kappa shape index (κ1) is 12.6. The first-order valence-corrected chi connectivity index (χ1v) is 5.96. The van der Waals surface area contributed by atoms with Crippen molar-refractivity contribution in [1.82, 2.24) is 20.2 Å². The van der Waals surface area contributed by atoms with Crippen LogP contribution in [0, 0.1) is 0 Å². The summed E-state index contributed by atoms with van der Waals surface area (Å²) in [5.41, 5.74) is 6.30. The smallest absolute Gasteiger partial charge is 0.224 e. The largest absolute Gasteiger partial charge is 0.383 e. The topological polar surface area (TPSA) is 102 Å². The number of fused-ring (bicyclic) bond motifs is 1. The third-order valence-corrected chi connectivity index (χ3v) is 2.67. The van der Waals surface area contributed by atoms with Crippen LogP contribution in [0.3, 0.4) is 0 Å². The molecule has 7 nitrogen and oxygen atoms in total. The molecular formula is C11H18N6O. The van der Waals surface area contributed by atoms with E-state index in [2.05, 4.69) is 32.4 Å². The third kappa shape index (κ3) is 2.67. The van der Waals surface area contributed by atoms with E-state index in [4.69, 9.17) is 10.5 Å². The summed E-state index contributed by atoms with van der Waals surface area (Å²) in [5.74, 6) is 0.920. The van der Waals surface area contributed by atoms with Gasteiger partial charge in [0.15, 0.2) is 5.65 Å². The standard InChI is InChI=1S/C11H18N6O/c1-3-4-7(6-18-2)14-9-8-5-13-17-10(8)16-11(12)15-9/h5,7H,3-4,6H2,1-2H3,(H4,12,13,14,15,16,17). The van der Waals surface area contributed by atoms with E-state index in [1.165, 1.54) is 0 Å². The molecule has 0 aliphatic heterocycles. The Kier molecular flexibility index (Phi) is 3.93. The van der Waals surface area contributed by atoms with E-state index in [1.807, 2.05) is 0 Å². The summed E-state index contributed by atoms with van der Waals surface area (Å²) in [7, 11) is 1.69. The Morgan fingerprint density at radius 3 is 3.06 bits per heavy atom. The Balaban J connectivity index is 2.26. The Morgan fingerprint density at radius 2 is 2.33 bits per heavy atom. The molecule has 0 aliphatic rings. The number of hydrogen-bond acceptors (Lipinski definition) is 6.